The highest BCUT2D eigenvalue weighted by molar-refractivity contribution is 5.82. The Kier molecular flexibility index (Phi) is 5.22. The van der Waals surface area contributed by atoms with Crippen LogP contribution in [0, 0.1) is 11.3 Å². The van der Waals surface area contributed by atoms with E-state index in [9.17, 15) is 4.79 Å². The van der Waals surface area contributed by atoms with Crippen molar-refractivity contribution in [3.05, 3.63) is 0 Å². The number of hydrogen-bond donors (Lipinski definition) is 2. The molecule has 1 saturated heterocycles. The molecular formula is C15H28N2O2. The van der Waals surface area contributed by atoms with Crippen LogP contribution in [-0.4, -0.2) is 38.3 Å². The Morgan fingerprint density at radius 3 is 2.79 bits per heavy atom. The standard InChI is InChI=1S/C15H28N2O2/c1-12(2)19-10-4-3-7-17-14(18)13-11-15(13)5-8-16-9-6-15/h12-13,16H,3-11H2,1-2H3,(H,17,18). The molecule has 2 aliphatic rings. The molecular weight excluding hydrogens is 240 g/mol. The first-order valence-corrected chi connectivity index (χ1v) is 7.74. The van der Waals surface area contributed by atoms with E-state index in [2.05, 4.69) is 10.6 Å². The maximum Gasteiger partial charge on any atom is 0.223 e. The number of hydrogen-bond acceptors (Lipinski definition) is 3. The van der Waals surface area contributed by atoms with E-state index in [0.29, 0.717) is 17.4 Å². The topological polar surface area (TPSA) is 50.4 Å². The van der Waals surface area contributed by atoms with Crippen LogP contribution in [0.5, 0.6) is 0 Å². The highest BCUT2D eigenvalue weighted by atomic mass is 16.5. The lowest BCUT2D eigenvalue weighted by atomic mass is 9.92. The summed E-state index contributed by atoms with van der Waals surface area (Å²) in [6.07, 6.45) is 5.80. The summed E-state index contributed by atoms with van der Waals surface area (Å²) in [5.41, 5.74) is 0.357. The molecule has 1 aliphatic carbocycles. The van der Waals surface area contributed by atoms with Gasteiger partial charge >= 0.3 is 0 Å². The summed E-state index contributed by atoms with van der Waals surface area (Å²) in [4.78, 5) is 12.1. The lowest BCUT2D eigenvalue weighted by molar-refractivity contribution is -0.123. The van der Waals surface area contributed by atoms with Crippen molar-refractivity contribution in [1.82, 2.24) is 10.6 Å². The lowest BCUT2D eigenvalue weighted by Crippen LogP contribution is -2.34. The van der Waals surface area contributed by atoms with Crippen molar-refractivity contribution in [2.24, 2.45) is 11.3 Å². The minimum absolute atomic E-state index is 0.284. The van der Waals surface area contributed by atoms with Gasteiger partial charge in [0.1, 0.15) is 0 Å². The maximum atomic E-state index is 12.1. The number of piperidine rings is 1. The van der Waals surface area contributed by atoms with Gasteiger partial charge < -0.3 is 15.4 Å². The number of carbonyl (C=O) groups is 1. The monoisotopic (exact) mass is 268 g/mol. The molecule has 2 fully saturated rings. The van der Waals surface area contributed by atoms with Crippen LogP contribution in [-0.2, 0) is 9.53 Å². The molecule has 110 valence electrons. The second-order valence-corrected chi connectivity index (χ2v) is 6.29. The van der Waals surface area contributed by atoms with Crippen LogP contribution in [0.1, 0.15) is 46.0 Å². The van der Waals surface area contributed by atoms with Gasteiger partial charge in [-0.2, -0.15) is 0 Å². The molecule has 2 rings (SSSR count). The van der Waals surface area contributed by atoms with Crippen LogP contribution >= 0.6 is 0 Å². The fourth-order valence-corrected chi connectivity index (χ4v) is 3.08. The minimum Gasteiger partial charge on any atom is -0.379 e. The second-order valence-electron chi connectivity index (χ2n) is 6.29. The Balaban J connectivity index is 1.54. The van der Waals surface area contributed by atoms with E-state index < -0.39 is 0 Å². The number of rotatable bonds is 7. The van der Waals surface area contributed by atoms with Gasteiger partial charge in [-0.1, -0.05) is 0 Å². The first-order valence-electron chi connectivity index (χ1n) is 7.74. The van der Waals surface area contributed by atoms with E-state index in [-0.39, 0.29) is 5.91 Å². The van der Waals surface area contributed by atoms with Gasteiger partial charge in [0, 0.05) is 19.1 Å². The Bertz CT molecular complexity index is 299. The molecule has 1 unspecified atom stereocenters. The SMILES string of the molecule is CC(C)OCCCCNC(=O)C1CC12CCNCC2. The Hall–Kier alpha value is -0.610. The molecule has 4 heteroatoms. The molecule has 0 radical (unpaired) electrons. The van der Waals surface area contributed by atoms with Gasteiger partial charge in [0.25, 0.3) is 0 Å². The molecule has 2 N–H and O–H groups in total. The zero-order chi connectivity index (χ0) is 13.7. The summed E-state index contributed by atoms with van der Waals surface area (Å²) >= 11 is 0. The molecule has 1 saturated carbocycles. The van der Waals surface area contributed by atoms with Gasteiger partial charge in [0.05, 0.1) is 6.10 Å². The number of amides is 1. The summed E-state index contributed by atoms with van der Waals surface area (Å²) in [5, 5.41) is 6.46. The summed E-state index contributed by atoms with van der Waals surface area (Å²) in [6, 6.07) is 0. The van der Waals surface area contributed by atoms with E-state index >= 15 is 0 Å². The number of unbranched alkanes of at least 4 members (excludes halogenated alkanes) is 1. The molecule has 1 aliphatic heterocycles. The van der Waals surface area contributed by atoms with Gasteiger partial charge in [-0.25, -0.2) is 0 Å². The quantitative estimate of drug-likeness (QED) is 0.691. The first kappa shape index (κ1) is 14.8. The average Bonchev–Trinajstić information content (AvgIpc) is 3.07. The van der Waals surface area contributed by atoms with Crippen molar-refractivity contribution in [2.45, 2.75) is 52.1 Å². The van der Waals surface area contributed by atoms with Gasteiger partial charge in [0.2, 0.25) is 5.91 Å². The van der Waals surface area contributed by atoms with Crippen molar-refractivity contribution >= 4 is 5.91 Å². The van der Waals surface area contributed by atoms with Crippen molar-refractivity contribution in [3.8, 4) is 0 Å². The molecule has 0 aromatic rings. The predicted octanol–water partition coefficient (Wildman–Crippen LogP) is 1.70. The highest BCUT2D eigenvalue weighted by Gasteiger charge is 2.57. The largest absolute Gasteiger partial charge is 0.379 e. The molecule has 1 heterocycles. The van der Waals surface area contributed by atoms with Crippen LogP contribution in [0.4, 0.5) is 0 Å². The average molecular weight is 268 g/mol. The van der Waals surface area contributed by atoms with E-state index in [1.54, 1.807) is 0 Å². The number of nitrogens with one attached hydrogen (secondary N) is 2. The smallest absolute Gasteiger partial charge is 0.223 e. The molecule has 1 atom stereocenters. The number of ether oxygens (including phenoxy) is 1. The predicted molar refractivity (Wildman–Crippen MR) is 76.0 cm³/mol. The zero-order valence-corrected chi connectivity index (χ0v) is 12.3. The van der Waals surface area contributed by atoms with E-state index in [1.165, 1.54) is 12.8 Å². The fourth-order valence-electron chi connectivity index (χ4n) is 3.08. The summed E-state index contributed by atoms with van der Waals surface area (Å²) in [6.45, 7) is 7.85. The van der Waals surface area contributed by atoms with Crippen molar-refractivity contribution in [3.63, 3.8) is 0 Å². The normalized spacial score (nSPS) is 24.7. The van der Waals surface area contributed by atoms with Crippen LogP contribution in [0.2, 0.25) is 0 Å². The Morgan fingerprint density at radius 2 is 2.11 bits per heavy atom. The van der Waals surface area contributed by atoms with Crippen LogP contribution in [0.15, 0.2) is 0 Å². The fraction of sp³-hybridized carbons (Fsp3) is 0.933. The Labute approximate surface area is 116 Å². The van der Waals surface area contributed by atoms with E-state index in [4.69, 9.17) is 4.74 Å². The second kappa shape index (κ2) is 6.71. The van der Waals surface area contributed by atoms with Crippen molar-refractivity contribution in [2.75, 3.05) is 26.2 Å². The molecule has 0 aromatic carbocycles. The third-order valence-corrected chi connectivity index (χ3v) is 4.43. The lowest BCUT2D eigenvalue weighted by Gasteiger charge is -2.23. The summed E-state index contributed by atoms with van der Waals surface area (Å²) in [5.74, 6) is 0.577. The maximum absolute atomic E-state index is 12.1. The van der Waals surface area contributed by atoms with Gasteiger partial charge in [0.15, 0.2) is 0 Å². The molecule has 0 bridgehead atoms. The van der Waals surface area contributed by atoms with Crippen LogP contribution in [0.25, 0.3) is 0 Å². The summed E-state index contributed by atoms with van der Waals surface area (Å²) < 4.78 is 5.48. The van der Waals surface area contributed by atoms with Crippen molar-refractivity contribution in [1.29, 1.82) is 0 Å². The zero-order valence-electron chi connectivity index (χ0n) is 12.3. The van der Waals surface area contributed by atoms with E-state index in [1.807, 2.05) is 13.8 Å². The minimum atomic E-state index is 0.284. The molecule has 4 nitrogen and oxygen atoms in total. The van der Waals surface area contributed by atoms with Gasteiger partial charge in [-0.05, 0) is 64.5 Å². The molecule has 19 heavy (non-hydrogen) atoms. The highest BCUT2D eigenvalue weighted by Crippen LogP contribution is 2.58. The van der Waals surface area contributed by atoms with Crippen LogP contribution in [0.3, 0.4) is 0 Å². The first-order chi connectivity index (χ1) is 9.14. The van der Waals surface area contributed by atoms with E-state index in [0.717, 1.165) is 45.5 Å². The summed E-state index contributed by atoms with van der Waals surface area (Å²) in [7, 11) is 0. The van der Waals surface area contributed by atoms with Crippen LogP contribution < -0.4 is 10.6 Å². The van der Waals surface area contributed by atoms with Gasteiger partial charge in [-0.3, -0.25) is 4.79 Å². The third kappa shape index (κ3) is 4.18. The van der Waals surface area contributed by atoms with Crippen molar-refractivity contribution < 1.29 is 9.53 Å². The Morgan fingerprint density at radius 1 is 1.37 bits per heavy atom. The molecule has 0 aromatic heterocycles. The van der Waals surface area contributed by atoms with Gasteiger partial charge in [-0.15, -0.1) is 0 Å². The molecule has 1 spiro atoms. The number of carbonyl (C=O) groups excluding carboxylic acids is 1. The molecule has 1 amide bonds. The third-order valence-electron chi connectivity index (χ3n) is 4.43.